The summed E-state index contributed by atoms with van der Waals surface area (Å²) < 4.78 is 38.7. The van der Waals surface area contributed by atoms with Crippen LogP contribution in [0.5, 0.6) is 0 Å². The number of benzene rings is 2. The van der Waals surface area contributed by atoms with Crippen LogP contribution in [0.4, 0.5) is 0 Å². The largest absolute Gasteiger partial charge is 0.428 e. The van der Waals surface area contributed by atoms with E-state index in [0.717, 1.165) is 29.1 Å². The Morgan fingerprint density at radius 3 is 2.59 bits per heavy atom. The number of rotatable bonds is 8. The van der Waals surface area contributed by atoms with E-state index in [1.54, 1.807) is 24.3 Å². The molecule has 0 aliphatic carbocycles. The van der Waals surface area contributed by atoms with E-state index in [2.05, 4.69) is 26.2 Å². The number of aromatic nitrogens is 1. The van der Waals surface area contributed by atoms with Crippen LogP contribution in [-0.2, 0) is 19.4 Å². The molecule has 1 aromatic heterocycles. The molecule has 1 fully saturated rings. The minimum Gasteiger partial charge on any atom is -0.428 e. The number of sulfone groups is 1. The van der Waals surface area contributed by atoms with Crippen LogP contribution in [-0.4, -0.2) is 44.3 Å². The number of oxazole rings is 1. The summed E-state index contributed by atoms with van der Waals surface area (Å²) in [5, 5.41) is 2.71. The van der Waals surface area contributed by atoms with Crippen molar-refractivity contribution in [2.24, 2.45) is 0 Å². The molecule has 0 bridgehead atoms. The number of thioether (sulfide) groups is 1. The van der Waals surface area contributed by atoms with E-state index in [9.17, 15) is 13.2 Å². The molecule has 1 aliphatic heterocycles. The lowest BCUT2D eigenvalue weighted by Crippen LogP contribution is -2.32. The van der Waals surface area contributed by atoms with E-state index in [-0.39, 0.29) is 38.7 Å². The molecule has 0 spiro atoms. The number of hydrogen-bond acceptors (Lipinski definition) is 7. The molecule has 2 aromatic carbocycles. The van der Waals surface area contributed by atoms with Gasteiger partial charge in [-0.25, -0.2) is 8.42 Å². The first kappa shape index (κ1) is 23.0. The minimum absolute atomic E-state index is 0.000991. The number of halogens is 1. The van der Waals surface area contributed by atoms with E-state index < -0.39 is 9.84 Å². The molecule has 0 radical (unpaired) electrons. The van der Waals surface area contributed by atoms with Crippen molar-refractivity contribution in [3.05, 3.63) is 59.1 Å². The van der Waals surface area contributed by atoms with Gasteiger partial charge in [-0.1, -0.05) is 45.9 Å². The van der Waals surface area contributed by atoms with Crippen LogP contribution in [0.1, 0.15) is 12.8 Å². The Balaban J connectivity index is 1.57. The summed E-state index contributed by atoms with van der Waals surface area (Å²) >= 11 is 4.32. The number of ether oxygens (including phenoxy) is 1. The van der Waals surface area contributed by atoms with Gasteiger partial charge in [0.1, 0.15) is 0 Å². The van der Waals surface area contributed by atoms with Crippen LogP contribution < -0.4 is 5.32 Å². The third-order valence-corrected chi connectivity index (χ3v) is 8.13. The molecule has 1 atom stereocenters. The Bertz CT molecular complexity index is 1170. The highest BCUT2D eigenvalue weighted by atomic mass is 79.9. The van der Waals surface area contributed by atoms with Crippen LogP contribution in [0, 0.1) is 0 Å². The first-order valence-electron chi connectivity index (χ1n) is 10.0. The van der Waals surface area contributed by atoms with Crippen molar-refractivity contribution < 1.29 is 22.4 Å². The van der Waals surface area contributed by atoms with Gasteiger partial charge in [0.2, 0.25) is 31.8 Å². The van der Waals surface area contributed by atoms with Crippen LogP contribution >= 0.6 is 27.7 Å². The molecule has 0 saturated carbocycles. The quantitative estimate of drug-likeness (QED) is 0.428. The van der Waals surface area contributed by atoms with Gasteiger partial charge < -0.3 is 14.5 Å². The maximum absolute atomic E-state index is 13.3. The summed E-state index contributed by atoms with van der Waals surface area (Å²) in [6.45, 7) is 1.15. The summed E-state index contributed by atoms with van der Waals surface area (Å²) in [5.41, 5.74) is 0.648. The number of hydrogen-bond donors (Lipinski definition) is 1. The lowest BCUT2D eigenvalue weighted by molar-refractivity contribution is -0.119. The van der Waals surface area contributed by atoms with Gasteiger partial charge in [0.25, 0.3) is 0 Å². The molecular weight excluding hydrogens is 516 g/mol. The van der Waals surface area contributed by atoms with E-state index in [1.807, 2.05) is 18.2 Å². The van der Waals surface area contributed by atoms with Crippen molar-refractivity contribution in [2.75, 3.05) is 18.9 Å². The van der Waals surface area contributed by atoms with Crippen LogP contribution in [0.15, 0.2) is 78.5 Å². The summed E-state index contributed by atoms with van der Waals surface area (Å²) in [6, 6.07) is 15.3. The molecule has 168 valence electrons. The molecule has 2 heterocycles. The predicted octanol–water partition coefficient (Wildman–Crippen LogP) is 4.32. The highest BCUT2D eigenvalue weighted by Gasteiger charge is 2.29. The molecule has 1 unspecified atom stereocenters. The molecule has 4 rings (SSSR count). The standard InChI is InChI=1S/C22H21BrN2O5S2/c23-16-8-10-18(11-9-16)32(27,28)21-22(30-20(25-21)15-5-2-1-3-6-15)31-14-19(26)24-13-17-7-4-12-29-17/h1-3,5-6,8-11,17H,4,7,12-14H2,(H,24,26). The first-order chi connectivity index (χ1) is 15.4. The maximum Gasteiger partial charge on any atom is 0.230 e. The van der Waals surface area contributed by atoms with Gasteiger partial charge in [-0.3, -0.25) is 4.79 Å². The van der Waals surface area contributed by atoms with Crippen molar-refractivity contribution in [1.82, 2.24) is 10.3 Å². The molecule has 10 heteroatoms. The lowest BCUT2D eigenvalue weighted by atomic mass is 10.2. The minimum atomic E-state index is -3.95. The highest BCUT2D eigenvalue weighted by molar-refractivity contribution is 9.10. The fourth-order valence-corrected chi connectivity index (χ4v) is 5.82. The van der Waals surface area contributed by atoms with E-state index in [1.165, 1.54) is 12.1 Å². The molecule has 32 heavy (non-hydrogen) atoms. The second-order valence-corrected chi connectivity index (χ2v) is 10.9. The highest BCUT2D eigenvalue weighted by Crippen LogP contribution is 2.35. The maximum atomic E-state index is 13.3. The second kappa shape index (κ2) is 10.2. The smallest absolute Gasteiger partial charge is 0.230 e. The van der Waals surface area contributed by atoms with E-state index >= 15 is 0 Å². The second-order valence-electron chi connectivity index (χ2n) is 7.16. The van der Waals surface area contributed by atoms with Crippen LogP contribution in [0.25, 0.3) is 11.5 Å². The van der Waals surface area contributed by atoms with Gasteiger partial charge in [0, 0.05) is 23.2 Å². The van der Waals surface area contributed by atoms with Crippen molar-refractivity contribution in [2.45, 2.75) is 34.0 Å². The molecule has 1 N–H and O–H groups in total. The summed E-state index contributed by atoms with van der Waals surface area (Å²) in [5.74, 6) is -0.0439. The van der Waals surface area contributed by atoms with Crippen LogP contribution in [0.3, 0.4) is 0 Å². The van der Waals surface area contributed by atoms with Crippen molar-refractivity contribution in [3.63, 3.8) is 0 Å². The topological polar surface area (TPSA) is 98.5 Å². The van der Waals surface area contributed by atoms with Gasteiger partial charge in [-0.15, -0.1) is 0 Å². The number of nitrogens with zero attached hydrogens (tertiary/aromatic N) is 1. The monoisotopic (exact) mass is 536 g/mol. The Morgan fingerprint density at radius 1 is 1.16 bits per heavy atom. The Kier molecular flexibility index (Phi) is 7.34. The first-order valence-corrected chi connectivity index (χ1v) is 13.3. The SMILES string of the molecule is O=C(CSc1oc(-c2ccccc2)nc1S(=O)(=O)c1ccc(Br)cc1)NCC1CCCO1. The Labute approximate surface area is 199 Å². The molecule has 1 saturated heterocycles. The van der Waals surface area contributed by atoms with Gasteiger partial charge >= 0.3 is 0 Å². The van der Waals surface area contributed by atoms with Gasteiger partial charge in [0.15, 0.2) is 0 Å². The summed E-state index contributed by atoms with van der Waals surface area (Å²) in [7, 11) is -3.95. The summed E-state index contributed by atoms with van der Waals surface area (Å²) in [4.78, 5) is 16.7. The zero-order valence-electron chi connectivity index (χ0n) is 17.0. The van der Waals surface area contributed by atoms with Gasteiger partial charge in [-0.05, 0) is 49.2 Å². The van der Waals surface area contributed by atoms with Gasteiger partial charge in [0.05, 0.1) is 16.8 Å². The van der Waals surface area contributed by atoms with Crippen molar-refractivity contribution in [3.8, 4) is 11.5 Å². The Morgan fingerprint density at radius 2 is 1.91 bits per heavy atom. The summed E-state index contributed by atoms with van der Waals surface area (Å²) in [6.07, 6.45) is 1.95. The van der Waals surface area contributed by atoms with E-state index in [0.29, 0.717) is 18.7 Å². The molecule has 7 nitrogen and oxygen atoms in total. The average molecular weight is 537 g/mol. The Hall–Kier alpha value is -2.14. The number of amides is 1. The number of nitrogens with one attached hydrogen (secondary N) is 1. The third kappa shape index (κ3) is 5.43. The van der Waals surface area contributed by atoms with Crippen LogP contribution in [0.2, 0.25) is 0 Å². The van der Waals surface area contributed by atoms with Crippen molar-refractivity contribution >= 4 is 43.4 Å². The normalized spacial score (nSPS) is 16.2. The molecule has 1 aliphatic rings. The number of carbonyl (C=O) groups is 1. The van der Waals surface area contributed by atoms with Gasteiger partial charge in [-0.2, -0.15) is 4.98 Å². The fraction of sp³-hybridized carbons (Fsp3) is 0.273. The van der Waals surface area contributed by atoms with Crippen molar-refractivity contribution in [1.29, 1.82) is 0 Å². The predicted molar refractivity (Wildman–Crippen MR) is 124 cm³/mol. The molecule has 1 amide bonds. The van der Waals surface area contributed by atoms with E-state index in [4.69, 9.17) is 9.15 Å². The number of carbonyl (C=O) groups excluding carboxylic acids is 1. The third-order valence-electron chi connectivity index (χ3n) is 4.85. The lowest BCUT2D eigenvalue weighted by Gasteiger charge is -2.10. The average Bonchev–Trinajstić information content (AvgIpc) is 3.47. The molecule has 3 aromatic rings. The zero-order chi connectivity index (χ0) is 22.6. The zero-order valence-corrected chi connectivity index (χ0v) is 20.2. The molecular formula is C22H21BrN2O5S2. The fourth-order valence-electron chi connectivity index (χ4n) is 3.20.